The zero-order chi connectivity index (χ0) is 15.4. The average molecular weight is 375 g/mol. The summed E-state index contributed by atoms with van der Waals surface area (Å²) in [6.45, 7) is 2.70. The minimum absolute atomic E-state index is 0.0981. The van der Waals surface area contributed by atoms with Crippen molar-refractivity contribution in [1.82, 2.24) is 5.32 Å². The van der Waals surface area contributed by atoms with Crippen LogP contribution in [0.5, 0.6) is 0 Å². The molecule has 1 nitrogen and oxygen atoms in total. The second kappa shape index (κ2) is 7.34. The van der Waals surface area contributed by atoms with E-state index in [2.05, 4.69) is 21.2 Å². The summed E-state index contributed by atoms with van der Waals surface area (Å²) in [5, 5.41) is 3.39. The molecule has 0 saturated heterocycles. The number of halogens is 4. The molecule has 0 aliphatic carbocycles. The fraction of sp³-hybridized carbons (Fsp3) is 0.250. The van der Waals surface area contributed by atoms with E-state index in [1.807, 2.05) is 6.92 Å². The molecule has 1 unspecified atom stereocenters. The summed E-state index contributed by atoms with van der Waals surface area (Å²) >= 11 is 9.14. The smallest absolute Gasteiger partial charge is 0.142 e. The Bertz CT molecular complexity index is 634. The molecule has 0 fully saturated rings. The van der Waals surface area contributed by atoms with E-state index in [0.29, 0.717) is 6.42 Å². The Morgan fingerprint density at radius 2 is 1.95 bits per heavy atom. The van der Waals surface area contributed by atoms with Crippen LogP contribution in [0.15, 0.2) is 40.9 Å². The third-order valence-corrected chi connectivity index (χ3v) is 4.31. The van der Waals surface area contributed by atoms with Gasteiger partial charge in [0, 0.05) is 10.5 Å². The van der Waals surface area contributed by atoms with Gasteiger partial charge in [-0.15, -0.1) is 0 Å². The van der Waals surface area contributed by atoms with E-state index in [-0.39, 0.29) is 16.9 Å². The molecule has 5 heteroatoms. The first-order chi connectivity index (χ1) is 10.0. The Morgan fingerprint density at radius 3 is 2.62 bits per heavy atom. The lowest BCUT2D eigenvalue weighted by atomic mass is 9.98. The molecule has 1 atom stereocenters. The van der Waals surface area contributed by atoms with E-state index in [9.17, 15) is 8.78 Å². The summed E-state index contributed by atoms with van der Waals surface area (Å²) in [6.07, 6.45) is 0.549. The lowest BCUT2D eigenvalue weighted by molar-refractivity contribution is 0.539. The first-order valence-electron chi connectivity index (χ1n) is 6.63. The monoisotopic (exact) mass is 373 g/mol. The van der Waals surface area contributed by atoms with Crippen molar-refractivity contribution in [3.63, 3.8) is 0 Å². The largest absolute Gasteiger partial charge is 0.310 e. The van der Waals surface area contributed by atoms with Gasteiger partial charge in [0.05, 0.1) is 5.02 Å². The Kier molecular flexibility index (Phi) is 5.73. The van der Waals surface area contributed by atoms with Crippen molar-refractivity contribution in [2.75, 3.05) is 6.54 Å². The Labute approximate surface area is 136 Å². The molecule has 0 aliphatic rings. The van der Waals surface area contributed by atoms with Crippen LogP contribution in [0, 0.1) is 11.6 Å². The van der Waals surface area contributed by atoms with E-state index >= 15 is 0 Å². The lowest BCUT2D eigenvalue weighted by Gasteiger charge is -2.19. The van der Waals surface area contributed by atoms with Gasteiger partial charge in [0.1, 0.15) is 11.6 Å². The highest BCUT2D eigenvalue weighted by Gasteiger charge is 2.15. The van der Waals surface area contributed by atoms with Gasteiger partial charge in [0.2, 0.25) is 0 Å². The molecule has 0 amide bonds. The quantitative estimate of drug-likeness (QED) is 0.751. The van der Waals surface area contributed by atoms with Crippen LogP contribution in [0.4, 0.5) is 8.78 Å². The second-order valence-electron chi connectivity index (χ2n) is 4.72. The van der Waals surface area contributed by atoms with Crippen LogP contribution in [0.1, 0.15) is 24.1 Å². The van der Waals surface area contributed by atoms with Gasteiger partial charge >= 0.3 is 0 Å². The zero-order valence-corrected chi connectivity index (χ0v) is 13.8. The molecule has 0 spiro atoms. The highest BCUT2D eigenvalue weighted by atomic mass is 79.9. The number of benzene rings is 2. The highest BCUT2D eigenvalue weighted by molar-refractivity contribution is 9.10. The molecule has 112 valence electrons. The van der Waals surface area contributed by atoms with Gasteiger partial charge in [-0.3, -0.25) is 0 Å². The predicted molar refractivity (Wildman–Crippen MR) is 85.6 cm³/mol. The molecule has 1 N–H and O–H groups in total. The van der Waals surface area contributed by atoms with Crippen LogP contribution in [0.25, 0.3) is 0 Å². The number of likely N-dealkylation sites (N-methyl/N-ethyl adjacent to an activating group) is 1. The molecule has 0 heterocycles. The van der Waals surface area contributed by atoms with Crippen LogP contribution in [0.3, 0.4) is 0 Å². The molecule has 2 rings (SSSR count). The Morgan fingerprint density at radius 1 is 1.19 bits per heavy atom. The third kappa shape index (κ3) is 4.25. The number of nitrogens with one attached hydrogen (secondary N) is 1. The van der Waals surface area contributed by atoms with E-state index in [1.165, 1.54) is 24.3 Å². The van der Waals surface area contributed by atoms with Gasteiger partial charge in [-0.1, -0.05) is 40.5 Å². The van der Waals surface area contributed by atoms with Crippen molar-refractivity contribution < 1.29 is 8.78 Å². The van der Waals surface area contributed by atoms with Gasteiger partial charge in [-0.25, -0.2) is 8.78 Å². The minimum atomic E-state index is -0.449. The Balaban J connectivity index is 2.30. The summed E-state index contributed by atoms with van der Waals surface area (Å²) in [4.78, 5) is 0. The highest BCUT2D eigenvalue weighted by Crippen LogP contribution is 2.26. The van der Waals surface area contributed by atoms with E-state index < -0.39 is 5.82 Å². The van der Waals surface area contributed by atoms with Crippen LogP contribution < -0.4 is 5.32 Å². The molecule has 0 bridgehead atoms. The van der Waals surface area contributed by atoms with Crippen LogP contribution in [0.2, 0.25) is 5.02 Å². The fourth-order valence-corrected chi connectivity index (χ4v) is 2.73. The van der Waals surface area contributed by atoms with Gasteiger partial charge < -0.3 is 5.32 Å². The first-order valence-corrected chi connectivity index (χ1v) is 7.80. The zero-order valence-electron chi connectivity index (χ0n) is 11.5. The van der Waals surface area contributed by atoms with Crippen LogP contribution >= 0.6 is 27.5 Å². The van der Waals surface area contributed by atoms with Crippen molar-refractivity contribution >= 4 is 27.5 Å². The van der Waals surface area contributed by atoms with Crippen molar-refractivity contribution in [3.8, 4) is 0 Å². The summed E-state index contributed by atoms with van der Waals surface area (Å²) in [6, 6.07) is 9.19. The Hall–Kier alpha value is -0.970. The summed E-state index contributed by atoms with van der Waals surface area (Å²) < 4.78 is 27.9. The van der Waals surface area contributed by atoms with Gasteiger partial charge in [0.15, 0.2) is 0 Å². The van der Waals surface area contributed by atoms with E-state index in [1.54, 1.807) is 12.1 Å². The fourth-order valence-electron chi connectivity index (χ4n) is 2.20. The molecule has 21 heavy (non-hydrogen) atoms. The second-order valence-corrected chi connectivity index (χ2v) is 5.99. The van der Waals surface area contributed by atoms with Crippen molar-refractivity contribution in [2.45, 2.75) is 19.4 Å². The first kappa shape index (κ1) is 16.4. The van der Waals surface area contributed by atoms with E-state index in [4.69, 9.17) is 11.6 Å². The molecule has 0 saturated carbocycles. The van der Waals surface area contributed by atoms with Crippen molar-refractivity contribution in [3.05, 3.63) is 68.7 Å². The topological polar surface area (TPSA) is 12.0 Å². The lowest BCUT2D eigenvalue weighted by Crippen LogP contribution is -2.23. The molecule has 2 aromatic rings. The predicted octanol–water partition coefficient (Wildman–Crippen LogP) is 5.27. The van der Waals surface area contributed by atoms with Gasteiger partial charge in [-0.2, -0.15) is 0 Å². The molecular formula is C16H15BrClF2N. The molecule has 2 aromatic carbocycles. The molecule has 0 aromatic heterocycles. The average Bonchev–Trinajstić information content (AvgIpc) is 2.45. The van der Waals surface area contributed by atoms with E-state index in [0.717, 1.165) is 22.1 Å². The standard InChI is InChI=1S/C16H15BrClF2N/c1-2-21-16(10-3-6-14(18)15(20)8-10)9-11-7-12(19)4-5-13(11)17/h3-8,16,21H,2,9H2,1H3. The number of rotatable bonds is 5. The minimum Gasteiger partial charge on any atom is -0.310 e. The SMILES string of the molecule is CCNC(Cc1cc(F)ccc1Br)c1ccc(Cl)c(F)c1. The maximum Gasteiger partial charge on any atom is 0.142 e. The third-order valence-electron chi connectivity index (χ3n) is 3.23. The maximum absolute atomic E-state index is 13.6. The maximum atomic E-state index is 13.6. The van der Waals surface area contributed by atoms with Crippen molar-refractivity contribution in [2.24, 2.45) is 0 Å². The summed E-state index contributed by atoms with van der Waals surface area (Å²) in [5.74, 6) is -0.735. The summed E-state index contributed by atoms with van der Waals surface area (Å²) in [5.41, 5.74) is 1.62. The molecule has 0 radical (unpaired) electrons. The number of hydrogen-bond acceptors (Lipinski definition) is 1. The molecule has 0 aliphatic heterocycles. The van der Waals surface area contributed by atoms with Crippen LogP contribution in [-0.4, -0.2) is 6.54 Å². The molecular weight excluding hydrogens is 360 g/mol. The summed E-state index contributed by atoms with van der Waals surface area (Å²) in [7, 11) is 0. The van der Waals surface area contributed by atoms with Crippen LogP contribution in [-0.2, 0) is 6.42 Å². The van der Waals surface area contributed by atoms with Gasteiger partial charge in [-0.05, 0) is 54.4 Å². The van der Waals surface area contributed by atoms with Gasteiger partial charge in [0.25, 0.3) is 0 Å². The number of hydrogen-bond donors (Lipinski definition) is 1. The normalized spacial score (nSPS) is 12.4. The van der Waals surface area contributed by atoms with Crippen molar-refractivity contribution in [1.29, 1.82) is 0 Å².